The lowest BCUT2D eigenvalue weighted by atomic mass is 9.96. The Labute approximate surface area is 119 Å². The van der Waals surface area contributed by atoms with Gasteiger partial charge in [0.2, 0.25) is 5.91 Å². The van der Waals surface area contributed by atoms with Crippen LogP contribution >= 0.6 is 0 Å². The van der Waals surface area contributed by atoms with E-state index in [-0.39, 0.29) is 12.5 Å². The van der Waals surface area contributed by atoms with Crippen LogP contribution in [0.3, 0.4) is 0 Å². The van der Waals surface area contributed by atoms with E-state index in [0.717, 1.165) is 5.56 Å². The van der Waals surface area contributed by atoms with Gasteiger partial charge in [-0.3, -0.25) is 4.79 Å². The maximum absolute atomic E-state index is 11.6. The van der Waals surface area contributed by atoms with Crippen molar-refractivity contribution in [3.05, 3.63) is 35.9 Å². The molecule has 2 N–H and O–H groups in total. The number of hydrogen-bond acceptors (Lipinski definition) is 3. The van der Waals surface area contributed by atoms with Gasteiger partial charge in [-0.2, -0.15) is 0 Å². The Morgan fingerprint density at radius 1 is 1.10 bits per heavy atom. The highest BCUT2D eigenvalue weighted by Crippen LogP contribution is 2.11. The third-order valence-corrected chi connectivity index (χ3v) is 2.58. The molecule has 0 aliphatic heterocycles. The lowest BCUT2D eigenvalue weighted by molar-refractivity contribution is -0.128. The van der Waals surface area contributed by atoms with Crippen LogP contribution in [0.2, 0.25) is 0 Å². The number of rotatable bonds is 5. The second-order valence-corrected chi connectivity index (χ2v) is 5.48. The van der Waals surface area contributed by atoms with Gasteiger partial charge in [0.05, 0.1) is 6.54 Å². The fourth-order valence-corrected chi connectivity index (χ4v) is 1.39. The number of carbonyl (C=O) groups is 2. The molecule has 0 aliphatic rings. The molecule has 0 saturated carbocycles. The highest BCUT2D eigenvalue weighted by molar-refractivity contribution is 5.81. The predicted octanol–water partition coefficient (Wildman–Crippen LogP) is 2.08. The maximum atomic E-state index is 11.6. The minimum absolute atomic E-state index is 0.0641. The molecule has 0 bridgehead atoms. The first-order chi connectivity index (χ1) is 9.39. The van der Waals surface area contributed by atoms with Gasteiger partial charge < -0.3 is 15.4 Å². The summed E-state index contributed by atoms with van der Waals surface area (Å²) in [6.07, 6.45) is -0.487. The van der Waals surface area contributed by atoms with Crippen molar-refractivity contribution < 1.29 is 14.3 Å². The first kappa shape index (κ1) is 16.0. The molecule has 5 heteroatoms. The first-order valence-electron chi connectivity index (χ1n) is 6.62. The van der Waals surface area contributed by atoms with Gasteiger partial charge in [0.15, 0.2) is 0 Å². The van der Waals surface area contributed by atoms with Crippen molar-refractivity contribution in [2.45, 2.75) is 27.3 Å². The summed E-state index contributed by atoms with van der Waals surface area (Å²) in [6.45, 7) is 6.38. The molecule has 0 spiro atoms. The molecule has 1 aromatic carbocycles. The van der Waals surface area contributed by atoms with E-state index >= 15 is 0 Å². The summed E-state index contributed by atoms with van der Waals surface area (Å²) in [6, 6.07) is 9.57. The maximum Gasteiger partial charge on any atom is 0.407 e. The zero-order valence-corrected chi connectivity index (χ0v) is 12.2. The van der Waals surface area contributed by atoms with Gasteiger partial charge in [-0.1, -0.05) is 51.1 Å². The fourth-order valence-electron chi connectivity index (χ4n) is 1.39. The molecule has 1 aromatic rings. The van der Waals surface area contributed by atoms with Crippen molar-refractivity contribution >= 4 is 12.0 Å². The van der Waals surface area contributed by atoms with Crippen LogP contribution in [0.25, 0.3) is 0 Å². The van der Waals surface area contributed by atoms with E-state index in [1.807, 2.05) is 51.1 Å². The summed E-state index contributed by atoms with van der Waals surface area (Å²) in [7, 11) is 0. The summed E-state index contributed by atoms with van der Waals surface area (Å²) in [5.41, 5.74) is 0.570. The van der Waals surface area contributed by atoms with Gasteiger partial charge in [-0.25, -0.2) is 4.79 Å². The molecule has 0 heterocycles. The van der Waals surface area contributed by atoms with Gasteiger partial charge >= 0.3 is 6.09 Å². The topological polar surface area (TPSA) is 67.4 Å². The number of nitrogens with one attached hydrogen (secondary N) is 2. The Balaban J connectivity index is 2.13. The van der Waals surface area contributed by atoms with Gasteiger partial charge in [0, 0.05) is 12.0 Å². The molecular weight excluding hydrogens is 256 g/mol. The summed E-state index contributed by atoms with van der Waals surface area (Å²) >= 11 is 0. The van der Waals surface area contributed by atoms with Crippen LogP contribution in [0.15, 0.2) is 30.3 Å². The lowest BCUT2D eigenvalue weighted by Gasteiger charge is -2.17. The highest BCUT2D eigenvalue weighted by Gasteiger charge is 2.20. The van der Waals surface area contributed by atoms with E-state index in [1.165, 1.54) is 0 Å². The SMILES string of the molecule is CC(C)(C)C(=O)NCCOC(=O)NCc1ccccc1. The molecule has 20 heavy (non-hydrogen) atoms. The van der Waals surface area contributed by atoms with Crippen LogP contribution in [-0.4, -0.2) is 25.2 Å². The average Bonchev–Trinajstić information content (AvgIpc) is 2.41. The number of hydrogen-bond donors (Lipinski definition) is 2. The summed E-state index contributed by atoms with van der Waals surface area (Å²) < 4.78 is 4.96. The molecule has 1 rings (SSSR count). The van der Waals surface area contributed by atoms with E-state index in [1.54, 1.807) is 0 Å². The van der Waals surface area contributed by atoms with Gasteiger partial charge in [-0.05, 0) is 5.56 Å². The number of ether oxygens (including phenoxy) is 1. The normalized spacial score (nSPS) is 10.8. The molecule has 0 saturated heterocycles. The number of benzene rings is 1. The van der Waals surface area contributed by atoms with Crippen LogP contribution in [0, 0.1) is 5.41 Å². The second kappa shape index (κ2) is 7.53. The first-order valence-corrected chi connectivity index (χ1v) is 6.62. The number of amides is 2. The highest BCUT2D eigenvalue weighted by atomic mass is 16.5. The molecule has 0 aliphatic carbocycles. The summed E-state index contributed by atoms with van der Waals surface area (Å²) in [5.74, 6) is -0.0641. The molecule has 5 nitrogen and oxygen atoms in total. The standard InChI is InChI=1S/C15H22N2O3/c1-15(2,3)13(18)16-9-10-20-14(19)17-11-12-7-5-4-6-8-12/h4-8H,9-11H2,1-3H3,(H,16,18)(H,17,19). The Kier molecular flexibility index (Phi) is 6.03. The monoisotopic (exact) mass is 278 g/mol. The van der Waals surface area contributed by atoms with E-state index in [0.29, 0.717) is 13.1 Å². The van der Waals surface area contributed by atoms with Crippen LogP contribution in [-0.2, 0) is 16.1 Å². The number of alkyl carbamates (subject to hydrolysis) is 1. The lowest BCUT2D eigenvalue weighted by Crippen LogP contribution is -2.37. The third kappa shape index (κ3) is 6.22. The van der Waals surface area contributed by atoms with Crippen LogP contribution in [0.4, 0.5) is 4.79 Å². The van der Waals surface area contributed by atoms with E-state index in [4.69, 9.17) is 4.74 Å². The molecule has 0 aromatic heterocycles. The van der Waals surface area contributed by atoms with E-state index < -0.39 is 11.5 Å². The Morgan fingerprint density at radius 3 is 2.35 bits per heavy atom. The Hall–Kier alpha value is -2.04. The predicted molar refractivity (Wildman–Crippen MR) is 77.1 cm³/mol. The minimum Gasteiger partial charge on any atom is -0.448 e. The number of carbonyl (C=O) groups excluding carboxylic acids is 2. The van der Waals surface area contributed by atoms with Crippen molar-refractivity contribution in [1.29, 1.82) is 0 Å². The molecule has 110 valence electrons. The van der Waals surface area contributed by atoms with Crippen molar-refractivity contribution in [2.75, 3.05) is 13.2 Å². The van der Waals surface area contributed by atoms with Gasteiger partial charge in [-0.15, -0.1) is 0 Å². The molecule has 0 radical (unpaired) electrons. The van der Waals surface area contributed by atoms with Crippen molar-refractivity contribution in [3.63, 3.8) is 0 Å². The zero-order valence-electron chi connectivity index (χ0n) is 12.2. The van der Waals surface area contributed by atoms with Gasteiger partial charge in [0.1, 0.15) is 6.61 Å². The zero-order chi connectivity index (χ0) is 15.0. The fraction of sp³-hybridized carbons (Fsp3) is 0.467. The Morgan fingerprint density at radius 2 is 1.75 bits per heavy atom. The van der Waals surface area contributed by atoms with E-state index in [9.17, 15) is 9.59 Å². The van der Waals surface area contributed by atoms with Gasteiger partial charge in [0.25, 0.3) is 0 Å². The summed E-state index contributed by atoms with van der Waals surface area (Å²) in [4.78, 5) is 23.0. The molecule has 0 unspecified atom stereocenters. The third-order valence-electron chi connectivity index (χ3n) is 2.58. The van der Waals surface area contributed by atoms with Crippen LogP contribution in [0.1, 0.15) is 26.3 Å². The van der Waals surface area contributed by atoms with E-state index in [2.05, 4.69) is 10.6 Å². The average molecular weight is 278 g/mol. The molecule has 0 atom stereocenters. The molecular formula is C15H22N2O3. The molecule has 2 amide bonds. The van der Waals surface area contributed by atoms with Crippen LogP contribution < -0.4 is 10.6 Å². The van der Waals surface area contributed by atoms with Crippen LogP contribution in [0.5, 0.6) is 0 Å². The minimum atomic E-state index is -0.487. The van der Waals surface area contributed by atoms with Crippen molar-refractivity contribution in [2.24, 2.45) is 5.41 Å². The smallest absolute Gasteiger partial charge is 0.407 e. The quantitative estimate of drug-likeness (QED) is 0.810. The second-order valence-electron chi connectivity index (χ2n) is 5.48. The summed E-state index contributed by atoms with van der Waals surface area (Å²) in [5, 5.41) is 5.35. The Bertz CT molecular complexity index is 438. The van der Waals surface area contributed by atoms with Crippen molar-refractivity contribution in [1.82, 2.24) is 10.6 Å². The largest absolute Gasteiger partial charge is 0.448 e. The van der Waals surface area contributed by atoms with Crippen molar-refractivity contribution in [3.8, 4) is 0 Å². The molecule has 0 fully saturated rings.